The van der Waals surface area contributed by atoms with Crippen LogP contribution >= 0.6 is 11.8 Å². The second-order valence-electron chi connectivity index (χ2n) is 4.61. The molecule has 0 saturated carbocycles. The minimum Gasteiger partial charge on any atom is -0.382 e. The smallest absolute Gasteiger partial charge is 0.251 e. The highest BCUT2D eigenvalue weighted by atomic mass is 32.2. The molecule has 1 aromatic carbocycles. The topological polar surface area (TPSA) is 41.1 Å². The third kappa shape index (κ3) is 4.31. The summed E-state index contributed by atoms with van der Waals surface area (Å²) in [5, 5.41) is 6.30. The van der Waals surface area contributed by atoms with Crippen molar-refractivity contribution < 1.29 is 4.79 Å². The molecule has 0 aromatic heterocycles. The molecule has 3 nitrogen and oxygen atoms in total. The summed E-state index contributed by atoms with van der Waals surface area (Å²) in [6.45, 7) is 4.08. The van der Waals surface area contributed by atoms with E-state index in [4.69, 9.17) is 0 Å². The number of thioether (sulfide) groups is 1. The van der Waals surface area contributed by atoms with Crippen LogP contribution in [0.25, 0.3) is 0 Å². The van der Waals surface area contributed by atoms with Gasteiger partial charge in [0.25, 0.3) is 5.91 Å². The lowest BCUT2D eigenvalue weighted by molar-refractivity contribution is 0.0958. The monoisotopic (exact) mass is 276 g/mol. The minimum atomic E-state index is -0.0551. The molecule has 1 aliphatic rings. The fraction of sp³-hybridized carbons (Fsp3) is 0.400. The van der Waals surface area contributed by atoms with E-state index < -0.39 is 0 Å². The van der Waals surface area contributed by atoms with Gasteiger partial charge in [-0.3, -0.25) is 4.79 Å². The predicted molar refractivity (Wildman–Crippen MR) is 82.9 cm³/mol. The number of rotatable bonds is 5. The van der Waals surface area contributed by atoms with E-state index in [2.05, 4.69) is 17.2 Å². The fourth-order valence-electron chi connectivity index (χ4n) is 2.06. The van der Waals surface area contributed by atoms with Gasteiger partial charge in [-0.15, -0.1) is 6.58 Å². The van der Waals surface area contributed by atoms with Crippen molar-refractivity contribution in [3.63, 3.8) is 0 Å². The van der Waals surface area contributed by atoms with E-state index in [0.717, 1.165) is 5.69 Å². The van der Waals surface area contributed by atoms with Crippen molar-refractivity contribution in [2.75, 3.05) is 23.4 Å². The first-order valence-corrected chi connectivity index (χ1v) is 7.78. The number of hydrogen-bond donors (Lipinski definition) is 2. The van der Waals surface area contributed by atoms with Gasteiger partial charge in [0, 0.05) is 23.8 Å². The molecule has 1 amide bonds. The molecule has 0 aliphatic carbocycles. The second kappa shape index (κ2) is 7.24. The first kappa shape index (κ1) is 14.0. The van der Waals surface area contributed by atoms with Crippen molar-refractivity contribution in [3.05, 3.63) is 42.5 Å². The van der Waals surface area contributed by atoms with E-state index in [9.17, 15) is 4.79 Å². The van der Waals surface area contributed by atoms with E-state index in [0.29, 0.717) is 18.2 Å². The Balaban J connectivity index is 1.90. The van der Waals surface area contributed by atoms with Gasteiger partial charge in [0.2, 0.25) is 0 Å². The van der Waals surface area contributed by atoms with Gasteiger partial charge in [-0.1, -0.05) is 6.08 Å². The average molecular weight is 276 g/mol. The van der Waals surface area contributed by atoms with Crippen LogP contribution in [0.4, 0.5) is 5.69 Å². The maximum atomic E-state index is 11.7. The molecule has 1 heterocycles. The van der Waals surface area contributed by atoms with Crippen LogP contribution in [0, 0.1) is 0 Å². The molecule has 1 aliphatic heterocycles. The average Bonchev–Trinajstić information content (AvgIpc) is 2.46. The molecule has 0 spiro atoms. The molecule has 1 aromatic rings. The summed E-state index contributed by atoms with van der Waals surface area (Å²) in [4.78, 5) is 11.7. The van der Waals surface area contributed by atoms with Crippen LogP contribution in [0.15, 0.2) is 36.9 Å². The predicted octanol–water partition coefficient (Wildman–Crippen LogP) is 2.91. The van der Waals surface area contributed by atoms with Crippen LogP contribution in [0.1, 0.15) is 23.2 Å². The molecule has 2 rings (SSSR count). The number of anilines is 1. The summed E-state index contributed by atoms with van der Waals surface area (Å²) >= 11 is 2.02. The van der Waals surface area contributed by atoms with Crippen LogP contribution in [-0.4, -0.2) is 30.0 Å². The van der Waals surface area contributed by atoms with Crippen molar-refractivity contribution in [3.8, 4) is 0 Å². The number of carbonyl (C=O) groups excluding carboxylic acids is 1. The highest BCUT2D eigenvalue weighted by molar-refractivity contribution is 7.99. The van der Waals surface area contributed by atoms with Gasteiger partial charge >= 0.3 is 0 Å². The van der Waals surface area contributed by atoms with E-state index in [1.807, 2.05) is 36.0 Å². The first-order valence-electron chi connectivity index (χ1n) is 6.63. The van der Waals surface area contributed by atoms with Gasteiger partial charge in [-0.05, 0) is 48.6 Å². The van der Waals surface area contributed by atoms with Crippen molar-refractivity contribution in [2.45, 2.75) is 18.9 Å². The molecule has 4 heteroatoms. The quantitative estimate of drug-likeness (QED) is 0.813. The summed E-state index contributed by atoms with van der Waals surface area (Å²) in [5.74, 6) is 2.42. The Hall–Kier alpha value is -1.42. The molecule has 0 unspecified atom stereocenters. The summed E-state index contributed by atoms with van der Waals surface area (Å²) in [6, 6.07) is 8.24. The van der Waals surface area contributed by atoms with Gasteiger partial charge in [-0.25, -0.2) is 0 Å². The van der Waals surface area contributed by atoms with Crippen LogP contribution in [0.3, 0.4) is 0 Å². The number of amides is 1. The largest absolute Gasteiger partial charge is 0.382 e. The van der Waals surface area contributed by atoms with Crippen molar-refractivity contribution in [1.29, 1.82) is 0 Å². The van der Waals surface area contributed by atoms with Crippen molar-refractivity contribution >= 4 is 23.4 Å². The number of benzene rings is 1. The van der Waals surface area contributed by atoms with Gasteiger partial charge < -0.3 is 10.6 Å². The Labute approximate surface area is 118 Å². The molecule has 102 valence electrons. The van der Waals surface area contributed by atoms with Crippen LogP contribution in [0.5, 0.6) is 0 Å². The standard InChI is InChI=1S/C15H20N2OS/c1-2-9-16-15(18)12-3-5-13(6-4-12)17-14-7-10-19-11-8-14/h2-6,14,17H,1,7-11H2,(H,16,18). The maximum Gasteiger partial charge on any atom is 0.251 e. The van der Waals surface area contributed by atoms with Gasteiger partial charge in [0.1, 0.15) is 0 Å². The molecule has 2 N–H and O–H groups in total. The minimum absolute atomic E-state index is 0.0551. The molecular weight excluding hydrogens is 256 g/mol. The maximum absolute atomic E-state index is 11.7. The molecule has 1 saturated heterocycles. The fourth-order valence-corrected chi connectivity index (χ4v) is 3.17. The lowest BCUT2D eigenvalue weighted by Crippen LogP contribution is -2.25. The van der Waals surface area contributed by atoms with Gasteiger partial charge in [-0.2, -0.15) is 11.8 Å². The highest BCUT2D eigenvalue weighted by Gasteiger charge is 2.13. The lowest BCUT2D eigenvalue weighted by Gasteiger charge is -2.23. The SMILES string of the molecule is C=CCNC(=O)c1ccc(NC2CCSCC2)cc1. The zero-order chi connectivity index (χ0) is 13.5. The second-order valence-corrected chi connectivity index (χ2v) is 5.83. The third-order valence-electron chi connectivity index (χ3n) is 3.15. The van der Waals surface area contributed by atoms with Crippen LogP contribution < -0.4 is 10.6 Å². The first-order chi connectivity index (χ1) is 9.29. The molecule has 19 heavy (non-hydrogen) atoms. The van der Waals surface area contributed by atoms with Crippen LogP contribution in [-0.2, 0) is 0 Å². The Morgan fingerprint density at radius 1 is 1.32 bits per heavy atom. The Kier molecular flexibility index (Phi) is 5.33. The van der Waals surface area contributed by atoms with Crippen LogP contribution in [0.2, 0.25) is 0 Å². The summed E-state index contributed by atoms with van der Waals surface area (Å²) in [5.41, 5.74) is 1.78. The molecule has 1 fully saturated rings. The molecular formula is C15H20N2OS. The third-order valence-corrected chi connectivity index (χ3v) is 4.19. The Morgan fingerprint density at radius 3 is 2.63 bits per heavy atom. The summed E-state index contributed by atoms with van der Waals surface area (Å²) < 4.78 is 0. The zero-order valence-electron chi connectivity index (χ0n) is 11.0. The normalized spacial score (nSPS) is 15.8. The molecule has 0 bridgehead atoms. The highest BCUT2D eigenvalue weighted by Crippen LogP contribution is 2.21. The van der Waals surface area contributed by atoms with E-state index in [1.165, 1.54) is 24.3 Å². The molecule has 0 radical (unpaired) electrons. The number of nitrogens with one attached hydrogen (secondary N) is 2. The summed E-state index contributed by atoms with van der Waals surface area (Å²) in [6.07, 6.45) is 4.10. The molecule has 0 atom stereocenters. The summed E-state index contributed by atoms with van der Waals surface area (Å²) in [7, 11) is 0. The van der Waals surface area contributed by atoms with Crippen molar-refractivity contribution in [1.82, 2.24) is 5.32 Å². The van der Waals surface area contributed by atoms with Gasteiger partial charge in [0.15, 0.2) is 0 Å². The lowest BCUT2D eigenvalue weighted by atomic mass is 10.1. The van der Waals surface area contributed by atoms with E-state index >= 15 is 0 Å². The van der Waals surface area contributed by atoms with Gasteiger partial charge in [0.05, 0.1) is 0 Å². The Bertz CT molecular complexity index is 424. The van der Waals surface area contributed by atoms with Crippen molar-refractivity contribution in [2.24, 2.45) is 0 Å². The number of hydrogen-bond acceptors (Lipinski definition) is 3. The number of carbonyl (C=O) groups is 1. The Morgan fingerprint density at radius 2 is 2.00 bits per heavy atom. The van der Waals surface area contributed by atoms with E-state index in [1.54, 1.807) is 6.08 Å². The zero-order valence-corrected chi connectivity index (χ0v) is 11.8. The van der Waals surface area contributed by atoms with E-state index in [-0.39, 0.29) is 5.91 Å².